The second-order valence-electron chi connectivity index (χ2n) is 8.67. The zero-order valence-electron chi connectivity index (χ0n) is 17.9. The van der Waals surface area contributed by atoms with E-state index in [1.54, 1.807) is 0 Å². The Morgan fingerprint density at radius 3 is 1.91 bits per heavy atom. The number of aromatic nitrogens is 2. The molecule has 0 unspecified atom stereocenters. The zero-order chi connectivity index (χ0) is 21.8. The van der Waals surface area contributed by atoms with Crippen LogP contribution in [0.3, 0.4) is 0 Å². The smallest absolute Gasteiger partial charge is 0.0987 e. The third kappa shape index (κ3) is 2.69. The van der Waals surface area contributed by atoms with E-state index in [2.05, 4.69) is 115 Å². The van der Waals surface area contributed by atoms with Gasteiger partial charge in [0.05, 0.1) is 27.8 Å². The van der Waals surface area contributed by atoms with Gasteiger partial charge in [0, 0.05) is 19.9 Å². The van der Waals surface area contributed by atoms with E-state index in [4.69, 9.17) is 9.97 Å². The molecule has 2 aromatic heterocycles. The molecule has 0 atom stereocenters. The Labute approximate surface area is 193 Å². The van der Waals surface area contributed by atoms with Gasteiger partial charge in [0.2, 0.25) is 0 Å². The number of hydrogen-bond acceptors (Lipinski definition) is 2. The van der Waals surface area contributed by atoms with Crippen molar-refractivity contribution in [3.63, 3.8) is 0 Å². The average molecular weight is 437 g/mol. The Hall–Kier alpha value is -3.95. The summed E-state index contributed by atoms with van der Waals surface area (Å²) in [6, 6.07) is 34.3. The highest BCUT2D eigenvalue weighted by atomic mass is 28.2. The van der Waals surface area contributed by atoms with E-state index >= 15 is 0 Å². The largest absolute Gasteiger partial charge is 0.251 e. The molecule has 0 saturated heterocycles. The SMILES string of the molecule is C1=CC(c2ccc3ccccc3n2)(c2ccc3ccccc3n2)C2=c3ccccc3=[SiH]C2=C1. The molecule has 0 bridgehead atoms. The van der Waals surface area contributed by atoms with Gasteiger partial charge in [-0.1, -0.05) is 91.0 Å². The fraction of sp³-hybridized carbons (Fsp3) is 0.0333. The minimum atomic E-state index is -0.530. The Balaban J connectivity index is 1.63. The highest BCUT2D eigenvalue weighted by molar-refractivity contribution is 6.45. The van der Waals surface area contributed by atoms with Crippen LogP contribution in [-0.4, -0.2) is 19.1 Å². The Kier molecular flexibility index (Phi) is 3.96. The standard InChI is InChI=1S/C30H20N2Si/c1-4-11-23-20(8-1)15-17-27(31-23)30(28-18-16-21-9-2-5-12-24(21)32-28)19-7-14-26-29(30)22-10-3-6-13-25(22)33-26/h1-19,33H. The summed E-state index contributed by atoms with van der Waals surface area (Å²) < 4.78 is 0. The molecule has 5 aromatic rings. The third-order valence-corrected chi connectivity index (χ3v) is 8.46. The summed E-state index contributed by atoms with van der Waals surface area (Å²) in [5, 5.41) is 5.08. The molecule has 33 heavy (non-hydrogen) atoms. The summed E-state index contributed by atoms with van der Waals surface area (Å²) in [7, 11) is 0.0502. The van der Waals surface area contributed by atoms with Crippen molar-refractivity contribution in [1.29, 1.82) is 0 Å². The lowest BCUT2D eigenvalue weighted by molar-refractivity contribution is 0.768. The quantitative estimate of drug-likeness (QED) is 0.361. The molecule has 0 N–H and O–H groups in total. The van der Waals surface area contributed by atoms with Crippen LogP contribution in [0.4, 0.5) is 0 Å². The number of nitrogens with zero attached hydrogens (tertiary/aromatic N) is 2. The molecular formula is C30H20N2Si. The highest BCUT2D eigenvalue weighted by Crippen LogP contribution is 2.46. The first-order valence-electron chi connectivity index (χ1n) is 11.3. The third-order valence-electron chi connectivity index (χ3n) is 6.85. The number of allylic oxidation sites excluding steroid dienone is 4. The van der Waals surface area contributed by atoms with Crippen LogP contribution in [0.1, 0.15) is 11.4 Å². The summed E-state index contributed by atoms with van der Waals surface area (Å²) in [6.07, 6.45) is 6.82. The number of para-hydroxylation sites is 2. The zero-order valence-corrected chi connectivity index (χ0v) is 19.1. The first kappa shape index (κ1) is 18.6. The molecule has 0 spiro atoms. The summed E-state index contributed by atoms with van der Waals surface area (Å²) in [6.45, 7) is 0. The van der Waals surface area contributed by atoms with Gasteiger partial charge < -0.3 is 0 Å². The minimum Gasteiger partial charge on any atom is -0.251 e. The second-order valence-corrected chi connectivity index (χ2v) is 10.2. The van der Waals surface area contributed by atoms with Crippen molar-refractivity contribution in [3.05, 3.63) is 142 Å². The van der Waals surface area contributed by atoms with Crippen molar-refractivity contribution >= 4 is 36.5 Å². The van der Waals surface area contributed by atoms with E-state index in [-0.39, 0.29) is 9.13 Å². The van der Waals surface area contributed by atoms with Gasteiger partial charge in [-0.2, -0.15) is 0 Å². The maximum atomic E-state index is 5.23. The maximum Gasteiger partial charge on any atom is 0.0987 e. The molecule has 3 heterocycles. The Bertz CT molecular complexity index is 1700. The number of benzene rings is 3. The maximum absolute atomic E-state index is 5.23. The van der Waals surface area contributed by atoms with Gasteiger partial charge in [-0.3, -0.25) is 9.97 Å². The van der Waals surface area contributed by atoms with Gasteiger partial charge in [0.1, 0.15) is 0 Å². The van der Waals surface area contributed by atoms with E-state index in [1.165, 1.54) is 20.8 Å². The lowest BCUT2D eigenvalue weighted by Gasteiger charge is -2.35. The summed E-state index contributed by atoms with van der Waals surface area (Å²) in [4.78, 5) is 11.9. The van der Waals surface area contributed by atoms with Crippen LogP contribution in [0.5, 0.6) is 0 Å². The van der Waals surface area contributed by atoms with E-state index in [0.717, 1.165) is 33.2 Å². The van der Waals surface area contributed by atoms with E-state index in [0.29, 0.717) is 0 Å². The first-order chi connectivity index (χ1) is 16.3. The fourth-order valence-electron chi connectivity index (χ4n) is 5.33. The van der Waals surface area contributed by atoms with Gasteiger partial charge in [0.25, 0.3) is 0 Å². The van der Waals surface area contributed by atoms with Crippen molar-refractivity contribution in [3.8, 4) is 0 Å². The first-order valence-corrected chi connectivity index (χ1v) is 12.4. The molecule has 3 aromatic carbocycles. The summed E-state index contributed by atoms with van der Waals surface area (Å²) in [5.41, 5.74) is 4.89. The Morgan fingerprint density at radius 1 is 0.606 bits per heavy atom. The molecule has 0 saturated carbocycles. The number of fused-ring (bicyclic) bond motifs is 4. The van der Waals surface area contributed by atoms with Crippen LogP contribution in [0.2, 0.25) is 0 Å². The molecule has 0 fully saturated rings. The molecule has 3 heteroatoms. The molecule has 0 radical (unpaired) electrons. The normalized spacial score (nSPS) is 15.8. The lowest BCUT2D eigenvalue weighted by Crippen LogP contribution is -2.34. The van der Waals surface area contributed by atoms with Crippen LogP contribution >= 0.6 is 0 Å². The van der Waals surface area contributed by atoms with Crippen molar-refractivity contribution in [2.45, 2.75) is 5.41 Å². The Morgan fingerprint density at radius 2 is 1.21 bits per heavy atom. The minimum absolute atomic E-state index is 0.0502. The van der Waals surface area contributed by atoms with E-state index in [9.17, 15) is 0 Å². The van der Waals surface area contributed by atoms with Crippen LogP contribution in [0, 0.1) is 4.81 Å². The number of rotatable bonds is 2. The molecule has 2 nitrogen and oxygen atoms in total. The van der Waals surface area contributed by atoms with E-state index < -0.39 is 5.41 Å². The predicted octanol–water partition coefficient (Wildman–Crippen LogP) is 5.07. The van der Waals surface area contributed by atoms with Crippen molar-refractivity contribution in [1.82, 2.24) is 9.97 Å². The van der Waals surface area contributed by atoms with E-state index in [1.807, 2.05) is 0 Å². The monoisotopic (exact) mass is 436 g/mol. The van der Waals surface area contributed by atoms with Crippen LogP contribution < -0.4 is 5.22 Å². The van der Waals surface area contributed by atoms with Crippen LogP contribution in [0.15, 0.2) is 120 Å². The van der Waals surface area contributed by atoms with Gasteiger partial charge in [-0.15, -0.1) is 0 Å². The predicted molar refractivity (Wildman–Crippen MR) is 137 cm³/mol. The van der Waals surface area contributed by atoms with Crippen LogP contribution in [0.25, 0.3) is 27.4 Å². The van der Waals surface area contributed by atoms with Gasteiger partial charge in [0.15, 0.2) is 0 Å². The molecular weight excluding hydrogens is 416 g/mol. The van der Waals surface area contributed by atoms with Gasteiger partial charge in [-0.25, -0.2) is 0 Å². The topological polar surface area (TPSA) is 25.8 Å². The summed E-state index contributed by atoms with van der Waals surface area (Å²) >= 11 is 0. The van der Waals surface area contributed by atoms with Gasteiger partial charge in [-0.05, 0) is 45.1 Å². The average Bonchev–Trinajstić information content (AvgIpc) is 3.27. The van der Waals surface area contributed by atoms with Crippen LogP contribution in [-0.2, 0) is 5.41 Å². The molecule has 2 aliphatic rings. The number of hydrogen-bond donors (Lipinski definition) is 0. The summed E-state index contributed by atoms with van der Waals surface area (Å²) in [5.74, 6) is 0. The second kappa shape index (κ2) is 7.02. The fourth-order valence-corrected chi connectivity index (χ4v) is 7.00. The molecule has 1 aliphatic heterocycles. The molecule has 7 rings (SSSR count). The molecule has 154 valence electrons. The van der Waals surface area contributed by atoms with Crippen molar-refractivity contribution in [2.75, 3.05) is 0 Å². The molecule has 1 aliphatic carbocycles. The van der Waals surface area contributed by atoms with Crippen molar-refractivity contribution in [2.24, 2.45) is 0 Å². The number of pyridine rings is 2. The van der Waals surface area contributed by atoms with Crippen molar-refractivity contribution < 1.29 is 0 Å². The lowest BCUT2D eigenvalue weighted by atomic mass is 9.70. The highest BCUT2D eigenvalue weighted by Gasteiger charge is 2.42. The molecule has 0 amide bonds. The van der Waals surface area contributed by atoms with Gasteiger partial charge >= 0.3 is 0 Å².